The highest BCUT2D eigenvalue weighted by atomic mass is 19.1. The van der Waals surface area contributed by atoms with Gasteiger partial charge in [-0.3, -0.25) is 4.68 Å². The van der Waals surface area contributed by atoms with Crippen molar-refractivity contribution in [3.8, 4) is 11.3 Å². The zero-order chi connectivity index (χ0) is 11.7. The standard InChI is InChI=1S/C12H13FN2O/c1-8(16)11-7-9(13)3-4-10(11)12-5-6-15(2)14-12/h3-8,16H,1-2H3. The van der Waals surface area contributed by atoms with Gasteiger partial charge in [0.25, 0.3) is 0 Å². The number of aliphatic hydroxyl groups is 1. The van der Waals surface area contributed by atoms with E-state index in [4.69, 9.17) is 0 Å². The minimum absolute atomic E-state index is 0.351. The van der Waals surface area contributed by atoms with Crippen molar-refractivity contribution in [1.82, 2.24) is 9.78 Å². The predicted octanol–water partition coefficient (Wildman–Crippen LogP) is 2.28. The largest absolute Gasteiger partial charge is 0.389 e. The van der Waals surface area contributed by atoms with E-state index < -0.39 is 6.10 Å². The van der Waals surface area contributed by atoms with Gasteiger partial charge in [0.05, 0.1) is 11.8 Å². The molecule has 2 aromatic rings. The van der Waals surface area contributed by atoms with Gasteiger partial charge in [-0.1, -0.05) is 0 Å². The molecule has 0 spiro atoms. The summed E-state index contributed by atoms with van der Waals surface area (Å²) >= 11 is 0. The first-order chi connectivity index (χ1) is 7.58. The average Bonchev–Trinajstić information content (AvgIpc) is 2.64. The number of benzene rings is 1. The van der Waals surface area contributed by atoms with Crippen molar-refractivity contribution in [3.63, 3.8) is 0 Å². The minimum Gasteiger partial charge on any atom is -0.389 e. The summed E-state index contributed by atoms with van der Waals surface area (Å²) < 4.78 is 14.8. The average molecular weight is 220 g/mol. The maximum Gasteiger partial charge on any atom is 0.123 e. The molecule has 4 heteroatoms. The number of rotatable bonds is 2. The van der Waals surface area contributed by atoms with Crippen molar-refractivity contribution in [2.24, 2.45) is 7.05 Å². The highest BCUT2D eigenvalue weighted by Crippen LogP contribution is 2.27. The molecule has 1 aromatic heterocycles. The Balaban J connectivity index is 2.56. The first-order valence-corrected chi connectivity index (χ1v) is 5.05. The Kier molecular flexibility index (Phi) is 2.75. The maximum absolute atomic E-state index is 13.1. The molecule has 0 aliphatic rings. The highest BCUT2D eigenvalue weighted by Gasteiger charge is 2.12. The summed E-state index contributed by atoms with van der Waals surface area (Å²) in [5.74, 6) is -0.351. The molecule has 0 radical (unpaired) electrons. The lowest BCUT2D eigenvalue weighted by atomic mass is 10.0. The third kappa shape index (κ3) is 1.97. The summed E-state index contributed by atoms with van der Waals surface area (Å²) in [6, 6.07) is 6.18. The summed E-state index contributed by atoms with van der Waals surface area (Å²) in [5, 5.41) is 13.8. The van der Waals surface area contributed by atoms with Crippen molar-refractivity contribution >= 4 is 0 Å². The van der Waals surface area contributed by atoms with E-state index in [1.807, 2.05) is 19.3 Å². The van der Waals surface area contributed by atoms with Crippen LogP contribution in [0.2, 0.25) is 0 Å². The zero-order valence-corrected chi connectivity index (χ0v) is 9.18. The van der Waals surface area contributed by atoms with Crippen molar-refractivity contribution in [2.45, 2.75) is 13.0 Å². The predicted molar refractivity (Wildman–Crippen MR) is 59.2 cm³/mol. The van der Waals surface area contributed by atoms with Crippen LogP contribution in [0.1, 0.15) is 18.6 Å². The van der Waals surface area contributed by atoms with Crippen LogP contribution in [0, 0.1) is 5.82 Å². The monoisotopic (exact) mass is 220 g/mol. The zero-order valence-electron chi connectivity index (χ0n) is 9.18. The highest BCUT2D eigenvalue weighted by molar-refractivity contribution is 5.63. The first kappa shape index (κ1) is 10.8. The molecule has 0 bridgehead atoms. The molecule has 3 nitrogen and oxygen atoms in total. The molecule has 0 fully saturated rings. The van der Waals surface area contributed by atoms with E-state index in [-0.39, 0.29) is 5.82 Å². The van der Waals surface area contributed by atoms with Crippen molar-refractivity contribution < 1.29 is 9.50 Å². The second-order valence-electron chi connectivity index (χ2n) is 3.78. The molecule has 1 aromatic carbocycles. The number of aliphatic hydroxyl groups excluding tert-OH is 1. The number of hydrogen-bond acceptors (Lipinski definition) is 2. The fraction of sp³-hybridized carbons (Fsp3) is 0.250. The Morgan fingerprint density at radius 3 is 2.69 bits per heavy atom. The van der Waals surface area contributed by atoms with Gasteiger partial charge in [0.2, 0.25) is 0 Å². The molecule has 1 atom stereocenters. The Bertz CT molecular complexity index is 505. The van der Waals surface area contributed by atoms with E-state index in [1.165, 1.54) is 12.1 Å². The van der Waals surface area contributed by atoms with Gasteiger partial charge in [-0.25, -0.2) is 4.39 Å². The Morgan fingerprint density at radius 2 is 2.12 bits per heavy atom. The fourth-order valence-corrected chi connectivity index (χ4v) is 1.67. The minimum atomic E-state index is -0.715. The molecule has 0 saturated heterocycles. The lowest BCUT2D eigenvalue weighted by Crippen LogP contribution is -1.97. The van der Waals surface area contributed by atoms with Crippen LogP contribution in [0.15, 0.2) is 30.5 Å². The van der Waals surface area contributed by atoms with Crippen LogP contribution in [-0.2, 0) is 7.05 Å². The van der Waals surface area contributed by atoms with Gasteiger partial charge in [-0.05, 0) is 36.8 Å². The van der Waals surface area contributed by atoms with Gasteiger partial charge in [0.1, 0.15) is 5.82 Å². The quantitative estimate of drug-likeness (QED) is 0.843. The molecule has 16 heavy (non-hydrogen) atoms. The van der Waals surface area contributed by atoms with E-state index in [2.05, 4.69) is 5.10 Å². The number of halogens is 1. The summed E-state index contributed by atoms with van der Waals surface area (Å²) in [4.78, 5) is 0. The summed E-state index contributed by atoms with van der Waals surface area (Å²) in [6.07, 6.45) is 1.09. The number of aromatic nitrogens is 2. The van der Waals surface area contributed by atoms with Crippen LogP contribution in [-0.4, -0.2) is 14.9 Å². The fourth-order valence-electron chi connectivity index (χ4n) is 1.67. The van der Waals surface area contributed by atoms with Crippen molar-refractivity contribution in [2.75, 3.05) is 0 Å². The van der Waals surface area contributed by atoms with Gasteiger partial charge in [0.15, 0.2) is 0 Å². The Labute approximate surface area is 93.2 Å². The summed E-state index contributed by atoms with van der Waals surface area (Å²) in [6.45, 7) is 1.61. The molecule has 84 valence electrons. The van der Waals surface area contributed by atoms with Crippen LogP contribution < -0.4 is 0 Å². The molecule has 0 aliphatic heterocycles. The molecule has 1 heterocycles. The van der Waals surface area contributed by atoms with Crippen LogP contribution >= 0.6 is 0 Å². The van der Waals surface area contributed by atoms with E-state index in [1.54, 1.807) is 17.7 Å². The van der Waals surface area contributed by atoms with Gasteiger partial charge >= 0.3 is 0 Å². The molecular weight excluding hydrogens is 207 g/mol. The summed E-state index contributed by atoms with van der Waals surface area (Å²) in [7, 11) is 1.81. The SMILES string of the molecule is CC(O)c1cc(F)ccc1-c1ccn(C)n1. The second kappa shape index (κ2) is 4.06. The van der Waals surface area contributed by atoms with Crippen LogP contribution in [0.3, 0.4) is 0 Å². The van der Waals surface area contributed by atoms with E-state index >= 15 is 0 Å². The van der Waals surface area contributed by atoms with Crippen LogP contribution in [0.5, 0.6) is 0 Å². The number of hydrogen-bond donors (Lipinski definition) is 1. The molecule has 2 rings (SSSR count). The maximum atomic E-state index is 13.1. The number of nitrogens with zero attached hydrogens (tertiary/aromatic N) is 2. The molecule has 0 aliphatic carbocycles. The van der Waals surface area contributed by atoms with Gasteiger partial charge in [0, 0.05) is 18.8 Å². The van der Waals surface area contributed by atoms with E-state index in [0.29, 0.717) is 5.56 Å². The molecular formula is C12H13FN2O. The third-order valence-corrected chi connectivity index (χ3v) is 2.45. The lowest BCUT2D eigenvalue weighted by Gasteiger charge is -2.10. The van der Waals surface area contributed by atoms with Gasteiger partial charge in [-0.15, -0.1) is 0 Å². The van der Waals surface area contributed by atoms with Crippen molar-refractivity contribution in [3.05, 3.63) is 41.8 Å². The second-order valence-corrected chi connectivity index (χ2v) is 3.78. The Hall–Kier alpha value is -1.68. The third-order valence-electron chi connectivity index (χ3n) is 2.45. The lowest BCUT2D eigenvalue weighted by molar-refractivity contribution is 0.199. The first-order valence-electron chi connectivity index (χ1n) is 5.05. The summed E-state index contributed by atoms with van der Waals surface area (Å²) in [5.41, 5.74) is 2.05. The molecule has 1 unspecified atom stereocenters. The Morgan fingerprint density at radius 1 is 1.38 bits per heavy atom. The smallest absolute Gasteiger partial charge is 0.123 e. The molecule has 1 N–H and O–H groups in total. The van der Waals surface area contributed by atoms with E-state index in [0.717, 1.165) is 11.3 Å². The topological polar surface area (TPSA) is 38.0 Å². The normalized spacial score (nSPS) is 12.8. The van der Waals surface area contributed by atoms with Gasteiger partial charge < -0.3 is 5.11 Å². The number of aryl methyl sites for hydroxylation is 1. The van der Waals surface area contributed by atoms with Crippen LogP contribution in [0.25, 0.3) is 11.3 Å². The van der Waals surface area contributed by atoms with Crippen LogP contribution in [0.4, 0.5) is 4.39 Å². The molecule has 0 saturated carbocycles. The van der Waals surface area contributed by atoms with E-state index in [9.17, 15) is 9.50 Å². The van der Waals surface area contributed by atoms with Gasteiger partial charge in [-0.2, -0.15) is 5.10 Å². The van der Waals surface area contributed by atoms with Crippen molar-refractivity contribution in [1.29, 1.82) is 0 Å². The molecule has 0 amide bonds.